The Morgan fingerprint density at radius 2 is 2.00 bits per heavy atom. The van der Waals surface area contributed by atoms with Crippen LogP contribution in [0.2, 0.25) is 10.0 Å². The van der Waals surface area contributed by atoms with Crippen LogP contribution in [0.15, 0.2) is 52.9 Å². The predicted octanol–water partition coefficient (Wildman–Crippen LogP) is 5.40. The number of rotatable bonds is 11. The van der Waals surface area contributed by atoms with Gasteiger partial charge in [0, 0.05) is 62.9 Å². The van der Waals surface area contributed by atoms with E-state index >= 15 is 0 Å². The minimum absolute atomic E-state index is 0.00523. The lowest BCUT2D eigenvalue weighted by Crippen LogP contribution is -2.42. The number of para-hydroxylation sites is 2. The second kappa shape index (κ2) is 13.3. The Bertz CT molecular complexity index is 1580. The summed E-state index contributed by atoms with van der Waals surface area (Å²) in [5, 5.41) is 0.669. The van der Waals surface area contributed by atoms with Gasteiger partial charge in [0.1, 0.15) is 11.6 Å². The number of carbonyl (C=O) groups excluding carboxylic acids is 2. The summed E-state index contributed by atoms with van der Waals surface area (Å²) in [6, 6.07) is 14.4. The van der Waals surface area contributed by atoms with Crippen LogP contribution in [0.4, 0.5) is 0 Å². The van der Waals surface area contributed by atoms with E-state index in [1.54, 1.807) is 31.4 Å². The van der Waals surface area contributed by atoms with Gasteiger partial charge in [0.2, 0.25) is 5.91 Å². The normalized spacial score (nSPS) is 16.2. The number of amides is 2. The van der Waals surface area contributed by atoms with Gasteiger partial charge in [-0.15, -0.1) is 0 Å². The van der Waals surface area contributed by atoms with Crippen molar-refractivity contribution in [3.63, 3.8) is 0 Å². The predicted molar refractivity (Wildman–Crippen MR) is 164 cm³/mol. The van der Waals surface area contributed by atoms with E-state index < -0.39 is 11.9 Å². The summed E-state index contributed by atoms with van der Waals surface area (Å²) in [5.74, 6) is 0.725. The average Bonchev–Trinajstić information content (AvgIpc) is 3.56. The van der Waals surface area contributed by atoms with E-state index in [0.717, 1.165) is 42.7 Å². The van der Waals surface area contributed by atoms with Crippen molar-refractivity contribution in [3.8, 4) is 11.3 Å². The number of methoxy groups -OCH3 is 1. The van der Waals surface area contributed by atoms with E-state index in [2.05, 4.69) is 10.6 Å². The number of fused-ring (bicyclic) bond motifs is 1. The van der Waals surface area contributed by atoms with Crippen LogP contribution in [-0.4, -0.2) is 59.1 Å². The molecule has 11 heteroatoms. The van der Waals surface area contributed by atoms with Crippen LogP contribution < -0.4 is 11.5 Å². The number of nitrogens with two attached hydrogens (primary N) is 2. The number of likely N-dealkylation sites (tertiary alicyclic amines) is 1. The van der Waals surface area contributed by atoms with E-state index in [0.29, 0.717) is 46.6 Å². The highest BCUT2D eigenvalue weighted by Crippen LogP contribution is 2.36. The van der Waals surface area contributed by atoms with Crippen molar-refractivity contribution in [2.75, 3.05) is 26.8 Å². The Morgan fingerprint density at radius 1 is 1.19 bits per heavy atom. The third-order valence-corrected chi connectivity index (χ3v) is 8.54. The van der Waals surface area contributed by atoms with Gasteiger partial charge in [-0.3, -0.25) is 9.59 Å². The molecule has 1 aliphatic rings. The first-order chi connectivity index (χ1) is 20.3. The summed E-state index contributed by atoms with van der Waals surface area (Å²) >= 11 is 12.5. The monoisotopic (exact) mass is 611 g/mol. The Labute approximate surface area is 254 Å². The number of benzene rings is 2. The fourth-order valence-corrected chi connectivity index (χ4v) is 6.14. The van der Waals surface area contributed by atoms with Crippen LogP contribution in [0.1, 0.15) is 53.5 Å². The molecule has 42 heavy (non-hydrogen) atoms. The Kier molecular flexibility index (Phi) is 9.53. The van der Waals surface area contributed by atoms with Gasteiger partial charge in [0.25, 0.3) is 5.91 Å². The minimum atomic E-state index is -0.722. The molecular formula is C31H35Cl2N5O4. The van der Waals surface area contributed by atoms with Crippen molar-refractivity contribution in [3.05, 3.63) is 75.7 Å². The van der Waals surface area contributed by atoms with Crippen molar-refractivity contribution in [1.29, 1.82) is 0 Å². The highest BCUT2D eigenvalue weighted by atomic mass is 35.5. The molecule has 4 N–H and O–H groups in total. The molecule has 0 aliphatic carbocycles. The largest absolute Gasteiger partial charge is 0.451 e. The number of primary amides is 1. The second-order valence-electron chi connectivity index (χ2n) is 10.7. The quantitative estimate of drug-likeness (QED) is 0.218. The molecular weight excluding hydrogens is 577 g/mol. The number of carbonyl (C=O) groups is 2. The van der Waals surface area contributed by atoms with Gasteiger partial charge in [0.05, 0.1) is 21.1 Å². The van der Waals surface area contributed by atoms with E-state index in [-0.39, 0.29) is 30.4 Å². The van der Waals surface area contributed by atoms with Crippen molar-refractivity contribution in [2.24, 2.45) is 11.5 Å². The number of aromatic nitrogens is 2. The molecule has 1 fully saturated rings. The lowest BCUT2D eigenvalue weighted by atomic mass is 9.96. The van der Waals surface area contributed by atoms with Gasteiger partial charge >= 0.3 is 0 Å². The lowest BCUT2D eigenvalue weighted by molar-refractivity contribution is -0.132. The standard InChI is InChI=1S/C31H35Cl2N5O4/c1-41-14-6-13-38-25-11-3-2-10-24(25)36-31(38)19-7-5-12-37(18-19)27(39)17-21(34)15-20-16-26(42-29(20)30(35)40)22-8-4-9-23(32)28(22)33/h2-4,8-11,16,19,21H,5-7,12-15,17-18,34H2,1H3,(H2,35,40)/t19-,21+/m1/s1. The van der Waals surface area contributed by atoms with Crippen LogP contribution in [0, 0.1) is 0 Å². The van der Waals surface area contributed by atoms with E-state index in [1.165, 1.54) is 0 Å². The first kappa shape index (κ1) is 30.1. The molecule has 4 aromatic rings. The number of ether oxygens (including phenoxy) is 1. The molecule has 2 atom stereocenters. The van der Waals surface area contributed by atoms with Crippen molar-refractivity contribution in [2.45, 2.75) is 50.6 Å². The number of hydrogen-bond acceptors (Lipinski definition) is 6. The highest BCUT2D eigenvalue weighted by Gasteiger charge is 2.30. The molecule has 1 saturated heterocycles. The summed E-state index contributed by atoms with van der Waals surface area (Å²) in [4.78, 5) is 32.4. The van der Waals surface area contributed by atoms with Crippen LogP contribution in [0.25, 0.3) is 22.4 Å². The Balaban J connectivity index is 1.28. The molecule has 2 aromatic heterocycles. The van der Waals surface area contributed by atoms with E-state index in [4.69, 9.17) is 48.8 Å². The molecule has 0 radical (unpaired) electrons. The number of furan rings is 1. The van der Waals surface area contributed by atoms with E-state index in [9.17, 15) is 9.59 Å². The van der Waals surface area contributed by atoms with Gasteiger partial charge in [-0.05, 0) is 56.0 Å². The zero-order valence-electron chi connectivity index (χ0n) is 23.5. The fourth-order valence-electron chi connectivity index (χ4n) is 5.75. The van der Waals surface area contributed by atoms with Crippen LogP contribution in [0.5, 0.6) is 0 Å². The molecule has 1 aliphatic heterocycles. The zero-order chi connectivity index (χ0) is 29.8. The summed E-state index contributed by atoms with van der Waals surface area (Å²) in [5.41, 5.74) is 15.2. The molecule has 0 spiro atoms. The molecule has 2 amide bonds. The molecule has 5 rings (SSSR count). The highest BCUT2D eigenvalue weighted by molar-refractivity contribution is 6.43. The smallest absolute Gasteiger partial charge is 0.284 e. The maximum atomic E-state index is 13.4. The van der Waals surface area contributed by atoms with Crippen molar-refractivity contribution < 1.29 is 18.7 Å². The number of halogens is 2. The van der Waals surface area contributed by atoms with Gasteiger partial charge < -0.3 is 30.1 Å². The van der Waals surface area contributed by atoms with Crippen molar-refractivity contribution >= 4 is 46.0 Å². The first-order valence-corrected chi connectivity index (χ1v) is 14.9. The molecule has 222 valence electrons. The molecule has 0 bridgehead atoms. The second-order valence-corrected chi connectivity index (χ2v) is 11.5. The molecule has 9 nitrogen and oxygen atoms in total. The summed E-state index contributed by atoms with van der Waals surface area (Å²) < 4.78 is 13.3. The third-order valence-electron chi connectivity index (χ3n) is 7.72. The van der Waals surface area contributed by atoms with Gasteiger partial charge in [-0.1, -0.05) is 41.4 Å². The molecule has 3 heterocycles. The molecule has 2 aromatic carbocycles. The SMILES string of the molecule is COCCCn1c([C@@H]2CCCN(C(=O)C[C@@H](N)Cc3cc(-c4cccc(Cl)c4Cl)oc3C(N)=O)C2)nc2ccccc21. The van der Waals surface area contributed by atoms with Gasteiger partial charge in [0.15, 0.2) is 5.76 Å². The number of nitrogens with zero attached hydrogens (tertiary/aromatic N) is 3. The Hall–Kier alpha value is -3.37. The summed E-state index contributed by atoms with van der Waals surface area (Å²) in [6.45, 7) is 2.71. The number of piperidine rings is 1. The van der Waals surface area contributed by atoms with Crippen LogP contribution >= 0.6 is 23.2 Å². The average molecular weight is 613 g/mol. The first-order valence-electron chi connectivity index (χ1n) is 14.1. The molecule has 0 unspecified atom stereocenters. The Morgan fingerprint density at radius 3 is 2.79 bits per heavy atom. The maximum Gasteiger partial charge on any atom is 0.284 e. The van der Waals surface area contributed by atoms with Crippen LogP contribution in [0.3, 0.4) is 0 Å². The fraction of sp³-hybridized carbons (Fsp3) is 0.387. The number of aryl methyl sites for hydroxylation is 1. The van der Waals surface area contributed by atoms with Gasteiger partial charge in [-0.2, -0.15) is 0 Å². The minimum Gasteiger partial charge on any atom is -0.451 e. The summed E-state index contributed by atoms with van der Waals surface area (Å²) in [7, 11) is 1.71. The van der Waals surface area contributed by atoms with E-state index in [1.807, 2.05) is 23.1 Å². The maximum absolute atomic E-state index is 13.4. The molecule has 0 saturated carbocycles. The van der Waals surface area contributed by atoms with Gasteiger partial charge in [-0.25, -0.2) is 4.98 Å². The third kappa shape index (κ3) is 6.49. The lowest BCUT2D eigenvalue weighted by Gasteiger charge is -2.33. The number of imidazole rings is 1. The van der Waals surface area contributed by atoms with Crippen LogP contribution in [-0.2, 0) is 22.5 Å². The van der Waals surface area contributed by atoms with Crippen molar-refractivity contribution in [1.82, 2.24) is 14.5 Å². The number of hydrogen-bond donors (Lipinski definition) is 2. The topological polar surface area (TPSA) is 130 Å². The zero-order valence-corrected chi connectivity index (χ0v) is 25.0. The summed E-state index contributed by atoms with van der Waals surface area (Å²) in [6.07, 6.45) is 3.06.